The number of terminal acetylenes is 1. The Hall–Kier alpha value is -2.47. The zero-order chi connectivity index (χ0) is 20.9. The topological polar surface area (TPSA) is 18.5 Å². The lowest BCUT2D eigenvalue weighted by Crippen LogP contribution is -2.20. The molecule has 2 saturated carbocycles. The summed E-state index contributed by atoms with van der Waals surface area (Å²) in [5.41, 5.74) is 2.10. The summed E-state index contributed by atoms with van der Waals surface area (Å²) in [6, 6.07) is 13.5. The fraction of sp³-hybridized carbons (Fsp3) is 0.481. The van der Waals surface area contributed by atoms with Gasteiger partial charge in [-0.25, -0.2) is 4.39 Å². The number of rotatable bonds is 8. The van der Waals surface area contributed by atoms with Crippen LogP contribution in [0.4, 0.5) is 4.39 Å². The Kier molecular flexibility index (Phi) is 6.62. The van der Waals surface area contributed by atoms with Crippen LogP contribution in [0.2, 0.25) is 0 Å². The van der Waals surface area contributed by atoms with Crippen LogP contribution >= 0.6 is 0 Å². The van der Waals surface area contributed by atoms with Gasteiger partial charge in [-0.2, -0.15) is 0 Å². The van der Waals surface area contributed by atoms with Crippen LogP contribution in [0.15, 0.2) is 42.5 Å². The molecule has 158 valence electrons. The van der Waals surface area contributed by atoms with Crippen LogP contribution < -0.4 is 9.47 Å². The van der Waals surface area contributed by atoms with E-state index in [1.54, 1.807) is 13.2 Å². The molecule has 0 unspecified atom stereocenters. The third-order valence-electron chi connectivity index (χ3n) is 6.79. The van der Waals surface area contributed by atoms with Gasteiger partial charge < -0.3 is 9.47 Å². The van der Waals surface area contributed by atoms with E-state index >= 15 is 0 Å². The second-order valence-electron chi connectivity index (χ2n) is 8.84. The normalized spacial score (nSPS) is 22.2. The second-order valence-corrected chi connectivity index (χ2v) is 8.84. The van der Waals surface area contributed by atoms with E-state index in [0.29, 0.717) is 11.8 Å². The van der Waals surface area contributed by atoms with Crippen LogP contribution in [0.3, 0.4) is 0 Å². The Balaban J connectivity index is 1.31. The lowest BCUT2D eigenvalue weighted by Gasteiger charge is -2.29. The van der Waals surface area contributed by atoms with E-state index in [1.165, 1.54) is 24.5 Å². The maximum atomic E-state index is 14.3. The van der Waals surface area contributed by atoms with Gasteiger partial charge >= 0.3 is 0 Å². The Labute approximate surface area is 179 Å². The van der Waals surface area contributed by atoms with Crippen LogP contribution in [-0.4, -0.2) is 13.7 Å². The average Bonchev–Trinajstić information content (AvgIpc) is 3.62. The number of ether oxygens (including phenoxy) is 2. The highest BCUT2D eigenvalue weighted by Crippen LogP contribution is 2.45. The van der Waals surface area contributed by atoms with Gasteiger partial charge in [-0.05, 0) is 104 Å². The number of methoxy groups -OCH3 is 1. The largest absolute Gasteiger partial charge is 0.497 e. The van der Waals surface area contributed by atoms with Gasteiger partial charge in [-0.1, -0.05) is 12.1 Å². The summed E-state index contributed by atoms with van der Waals surface area (Å²) in [6.07, 6.45) is 13.1. The molecular weight excluding hydrogens is 375 g/mol. The molecule has 0 amide bonds. The van der Waals surface area contributed by atoms with Crippen molar-refractivity contribution in [3.63, 3.8) is 0 Å². The van der Waals surface area contributed by atoms with Crippen LogP contribution in [0.5, 0.6) is 11.5 Å². The fourth-order valence-corrected chi connectivity index (χ4v) is 4.83. The molecule has 0 saturated heterocycles. The van der Waals surface area contributed by atoms with Gasteiger partial charge in [-0.3, -0.25) is 0 Å². The Morgan fingerprint density at radius 3 is 2.53 bits per heavy atom. The van der Waals surface area contributed by atoms with Crippen LogP contribution in [-0.2, 0) is 0 Å². The predicted molar refractivity (Wildman–Crippen MR) is 119 cm³/mol. The summed E-state index contributed by atoms with van der Waals surface area (Å²) in [6.45, 7) is 0.722. The van der Waals surface area contributed by atoms with Crippen molar-refractivity contribution >= 4 is 0 Å². The highest BCUT2D eigenvalue weighted by molar-refractivity contribution is 5.33. The van der Waals surface area contributed by atoms with Gasteiger partial charge in [-0.15, -0.1) is 12.3 Å². The minimum Gasteiger partial charge on any atom is -0.497 e. The Morgan fingerprint density at radius 1 is 1.03 bits per heavy atom. The van der Waals surface area contributed by atoms with E-state index in [4.69, 9.17) is 15.9 Å². The summed E-state index contributed by atoms with van der Waals surface area (Å²) >= 11 is 0. The fourth-order valence-electron chi connectivity index (χ4n) is 4.83. The van der Waals surface area contributed by atoms with Crippen molar-refractivity contribution < 1.29 is 13.9 Å². The number of hydrogen-bond acceptors (Lipinski definition) is 2. The van der Waals surface area contributed by atoms with E-state index in [0.717, 1.165) is 61.7 Å². The van der Waals surface area contributed by atoms with E-state index in [2.05, 4.69) is 24.1 Å². The van der Waals surface area contributed by atoms with Gasteiger partial charge in [0.1, 0.15) is 17.3 Å². The second kappa shape index (κ2) is 9.56. The first-order valence-corrected chi connectivity index (χ1v) is 11.2. The predicted octanol–water partition coefficient (Wildman–Crippen LogP) is 6.70. The van der Waals surface area contributed by atoms with Gasteiger partial charge in [0.05, 0.1) is 13.7 Å². The van der Waals surface area contributed by atoms with Crippen molar-refractivity contribution in [2.45, 2.75) is 56.8 Å². The Morgan fingerprint density at radius 2 is 1.83 bits per heavy atom. The van der Waals surface area contributed by atoms with Crippen LogP contribution in [0.25, 0.3) is 0 Å². The Bertz CT molecular complexity index is 888. The first-order chi connectivity index (χ1) is 14.7. The molecule has 0 aliphatic heterocycles. The molecule has 2 aromatic carbocycles. The molecule has 1 atom stereocenters. The summed E-state index contributed by atoms with van der Waals surface area (Å²) in [5.74, 6) is 6.38. The molecule has 2 aliphatic rings. The smallest absolute Gasteiger partial charge is 0.126 e. The summed E-state index contributed by atoms with van der Waals surface area (Å²) in [5, 5.41) is 0. The molecule has 0 N–H and O–H groups in total. The van der Waals surface area contributed by atoms with Crippen LogP contribution in [0, 0.1) is 30.0 Å². The van der Waals surface area contributed by atoms with Crippen LogP contribution in [0.1, 0.15) is 67.9 Å². The molecule has 0 heterocycles. The SMILES string of the molecule is C#CC[C@H](c1cccc(OCC2CCC(c3cc(OC)ccc3F)CC2)c1)C1CC1. The molecule has 2 fully saturated rings. The van der Waals surface area contributed by atoms with Gasteiger partial charge in [0.25, 0.3) is 0 Å². The van der Waals surface area contributed by atoms with Crippen molar-refractivity contribution in [3.05, 3.63) is 59.4 Å². The quantitative estimate of drug-likeness (QED) is 0.454. The molecule has 0 radical (unpaired) electrons. The highest BCUT2D eigenvalue weighted by Gasteiger charge is 2.32. The summed E-state index contributed by atoms with van der Waals surface area (Å²) in [4.78, 5) is 0. The molecule has 0 spiro atoms. The third kappa shape index (κ3) is 4.98. The van der Waals surface area contributed by atoms with E-state index < -0.39 is 0 Å². The van der Waals surface area contributed by atoms with Crippen molar-refractivity contribution in [2.24, 2.45) is 11.8 Å². The standard InChI is InChI=1S/C27H31FO2/c1-3-5-25(20-12-13-20)22-6-4-7-24(16-22)30-18-19-8-10-21(11-9-19)26-17-23(29-2)14-15-27(26)28/h1,4,6-7,14-17,19-21,25H,5,8-13,18H2,2H3/t19?,21?,25-/m0/s1. The third-order valence-corrected chi connectivity index (χ3v) is 6.79. The monoisotopic (exact) mass is 406 g/mol. The molecule has 0 aromatic heterocycles. The van der Waals surface area contributed by atoms with E-state index in [-0.39, 0.29) is 11.7 Å². The van der Waals surface area contributed by atoms with E-state index in [1.807, 2.05) is 12.1 Å². The van der Waals surface area contributed by atoms with Gasteiger partial charge in [0, 0.05) is 6.42 Å². The molecule has 2 nitrogen and oxygen atoms in total. The summed E-state index contributed by atoms with van der Waals surface area (Å²) in [7, 11) is 1.62. The minimum absolute atomic E-state index is 0.121. The number of halogens is 1. The zero-order valence-electron chi connectivity index (χ0n) is 17.8. The van der Waals surface area contributed by atoms with Gasteiger partial charge in [0.15, 0.2) is 0 Å². The zero-order valence-corrected chi connectivity index (χ0v) is 17.8. The van der Waals surface area contributed by atoms with E-state index in [9.17, 15) is 4.39 Å². The number of benzene rings is 2. The minimum atomic E-state index is -0.121. The highest BCUT2D eigenvalue weighted by atomic mass is 19.1. The van der Waals surface area contributed by atoms with Crippen molar-refractivity contribution in [2.75, 3.05) is 13.7 Å². The molecule has 4 rings (SSSR count). The number of hydrogen-bond donors (Lipinski definition) is 0. The molecule has 2 aromatic rings. The molecule has 2 aliphatic carbocycles. The lowest BCUT2D eigenvalue weighted by molar-refractivity contribution is 0.199. The first kappa shape index (κ1) is 20.8. The average molecular weight is 407 g/mol. The molecular formula is C27H31FO2. The lowest BCUT2D eigenvalue weighted by atomic mass is 9.79. The molecule has 30 heavy (non-hydrogen) atoms. The summed E-state index contributed by atoms with van der Waals surface area (Å²) < 4.78 is 25.7. The van der Waals surface area contributed by atoms with Crippen molar-refractivity contribution in [3.8, 4) is 23.8 Å². The van der Waals surface area contributed by atoms with Crippen molar-refractivity contribution in [1.29, 1.82) is 0 Å². The van der Waals surface area contributed by atoms with Crippen molar-refractivity contribution in [1.82, 2.24) is 0 Å². The first-order valence-electron chi connectivity index (χ1n) is 11.2. The maximum Gasteiger partial charge on any atom is 0.126 e. The molecule has 3 heteroatoms. The maximum absolute atomic E-state index is 14.3. The molecule has 0 bridgehead atoms. The van der Waals surface area contributed by atoms with Gasteiger partial charge in [0.2, 0.25) is 0 Å².